The molecule has 1 aliphatic heterocycles. The molecule has 0 saturated carbocycles. The number of phosphoric acid groups is 1. The van der Waals surface area contributed by atoms with Gasteiger partial charge in [0.05, 0.1) is 26.2 Å². The number of rotatable bonds is 50. The average Bonchev–Trinajstić information content (AvgIpc) is 3.41. The van der Waals surface area contributed by atoms with Gasteiger partial charge in [0.2, 0.25) is 6.29 Å². The van der Waals surface area contributed by atoms with Gasteiger partial charge in [0.25, 0.3) is 7.82 Å². The first kappa shape index (κ1) is 76.9. The molecule has 0 spiro atoms. The summed E-state index contributed by atoms with van der Waals surface area (Å²) in [6, 6.07) is 0. The van der Waals surface area contributed by atoms with E-state index in [4.69, 9.17) is 42.2 Å². The van der Waals surface area contributed by atoms with Crippen molar-refractivity contribution in [2.45, 2.75) is 317 Å². The normalized spacial score (nSPS) is 18.1. The molecule has 1 saturated heterocycles. The van der Waals surface area contributed by atoms with Gasteiger partial charge in [-0.1, -0.05) is 206 Å². The largest absolute Gasteiger partial charge is 0.756 e. The second-order valence-corrected chi connectivity index (χ2v) is 23.0. The van der Waals surface area contributed by atoms with Crippen molar-refractivity contribution in [3.8, 4) is 0 Å². The maximum absolute atomic E-state index is 13.5. The highest BCUT2D eigenvalue weighted by Crippen LogP contribution is 2.44. The van der Waals surface area contributed by atoms with Crippen molar-refractivity contribution in [2.24, 2.45) is 0 Å². The first-order chi connectivity index (χ1) is 38.4. The predicted octanol–water partition coefficient (Wildman–Crippen LogP) is 12.3. The molecule has 1 aliphatic rings. The fraction of sp³-hybridized carbons (Fsp3) is 0.902. The number of phosphoric ester groups is 1. The monoisotopic (exact) mass is 1160 g/mol. The molecule has 7 unspecified atom stereocenters. The van der Waals surface area contributed by atoms with E-state index in [0.717, 1.165) is 79.1 Å². The molecular weight excluding hydrogens is 1050 g/mol. The highest BCUT2D eigenvalue weighted by atomic mass is 31.2. The Morgan fingerprint density at radius 2 is 0.800 bits per heavy atom. The molecule has 1 rings (SSSR count). The fourth-order valence-electron chi connectivity index (χ4n) is 9.61. The second-order valence-electron chi connectivity index (χ2n) is 21.6. The SMILES string of the molecule is CCCCCCCCCCCCCCCCCCCC(=O)OC(COC(=O)CCCCCCCCCCCCCCCCC)COP(=O)([O-])OC1OC(COC(C)=O)C(OC(C)=O)C(OC(C)=O)C1OC(C)=O.CC[NH+](CC)CC. The van der Waals surface area contributed by atoms with Crippen LogP contribution in [0.2, 0.25) is 0 Å². The number of carbonyl (C=O) groups excluding carboxylic acids is 6. The Hall–Kier alpha value is -3.15. The Kier molecular flexibility index (Phi) is 49.5. The summed E-state index contributed by atoms with van der Waals surface area (Å²) in [4.78, 5) is 89.3. The van der Waals surface area contributed by atoms with E-state index < -0.39 is 100 Å². The Labute approximate surface area is 484 Å². The van der Waals surface area contributed by atoms with E-state index in [1.165, 1.54) is 161 Å². The van der Waals surface area contributed by atoms with Crippen LogP contribution in [0.25, 0.3) is 0 Å². The van der Waals surface area contributed by atoms with Crippen LogP contribution in [0.1, 0.15) is 281 Å². The van der Waals surface area contributed by atoms with E-state index in [9.17, 15) is 38.2 Å². The van der Waals surface area contributed by atoms with Crippen molar-refractivity contribution in [1.29, 1.82) is 0 Å². The molecule has 19 heteroatoms. The van der Waals surface area contributed by atoms with Crippen LogP contribution in [0.3, 0.4) is 0 Å². The van der Waals surface area contributed by atoms with E-state index >= 15 is 0 Å². The minimum absolute atomic E-state index is 0.0540. The third-order valence-electron chi connectivity index (χ3n) is 14.3. The van der Waals surface area contributed by atoms with Gasteiger partial charge in [0.15, 0.2) is 24.4 Å². The maximum Gasteiger partial charge on any atom is 0.306 e. The molecule has 0 radical (unpaired) electrons. The van der Waals surface area contributed by atoms with Crippen molar-refractivity contribution >= 4 is 43.6 Å². The number of hydrogen-bond donors (Lipinski definition) is 1. The van der Waals surface area contributed by atoms with Gasteiger partial charge in [-0.3, -0.25) is 37.9 Å². The molecule has 1 heterocycles. The average molecular weight is 1160 g/mol. The van der Waals surface area contributed by atoms with E-state index in [2.05, 4.69) is 34.6 Å². The lowest BCUT2D eigenvalue weighted by molar-refractivity contribution is -0.894. The quantitative estimate of drug-likeness (QED) is 0.0258. The number of ether oxygens (including phenoxy) is 7. The molecule has 0 amide bonds. The molecule has 18 nitrogen and oxygen atoms in total. The first-order valence-corrected chi connectivity index (χ1v) is 33.0. The van der Waals surface area contributed by atoms with Gasteiger partial charge in [-0.15, -0.1) is 0 Å². The molecule has 1 N–H and O–H groups in total. The van der Waals surface area contributed by atoms with Crippen molar-refractivity contribution in [2.75, 3.05) is 39.5 Å². The van der Waals surface area contributed by atoms with Crippen LogP contribution in [0.5, 0.6) is 0 Å². The highest BCUT2D eigenvalue weighted by molar-refractivity contribution is 7.45. The van der Waals surface area contributed by atoms with E-state index in [0.29, 0.717) is 12.8 Å². The van der Waals surface area contributed by atoms with Crippen LogP contribution in [-0.4, -0.2) is 112 Å². The molecular formula is C61H114NO17P. The summed E-state index contributed by atoms with van der Waals surface area (Å²) < 4.78 is 61.6. The van der Waals surface area contributed by atoms with Crippen LogP contribution in [0.15, 0.2) is 0 Å². The van der Waals surface area contributed by atoms with Gasteiger partial charge in [-0.2, -0.15) is 0 Å². The maximum atomic E-state index is 13.5. The Morgan fingerprint density at radius 3 is 1.15 bits per heavy atom. The highest BCUT2D eigenvalue weighted by Gasteiger charge is 2.53. The lowest BCUT2D eigenvalue weighted by Gasteiger charge is -2.45. The number of esters is 6. The summed E-state index contributed by atoms with van der Waals surface area (Å²) in [7, 11) is -5.52. The van der Waals surface area contributed by atoms with Crippen molar-refractivity contribution in [3.63, 3.8) is 0 Å². The van der Waals surface area contributed by atoms with Crippen LogP contribution in [0.4, 0.5) is 0 Å². The Morgan fingerprint density at radius 1 is 0.450 bits per heavy atom. The lowest BCUT2D eigenvalue weighted by atomic mass is 9.98. The molecule has 0 aromatic rings. The smallest absolute Gasteiger partial charge is 0.306 e. The number of carbonyl (C=O) groups is 6. The second kappa shape index (κ2) is 51.5. The van der Waals surface area contributed by atoms with Crippen molar-refractivity contribution in [1.82, 2.24) is 0 Å². The number of unbranched alkanes of at least 4 members (excludes halogenated alkanes) is 30. The zero-order chi connectivity index (χ0) is 59.7. The predicted molar refractivity (Wildman–Crippen MR) is 308 cm³/mol. The van der Waals surface area contributed by atoms with Gasteiger partial charge in [0, 0.05) is 40.5 Å². The standard InChI is InChI=1S/C55H99O17P.C6H15N/c1-7-9-11-13-15-17-19-21-23-24-26-28-30-32-34-36-38-40-51(61)70-48(41-65-50(60)39-37-35-33-31-29-27-25-22-20-18-16-14-12-10-8-2)42-66-73(62,63)72-55-54(69-47(6)59)53(68-46(5)58)52(67-45(4)57)49(71-55)43-64-44(3)56;1-4-7(5-2)6-3/h48-49,52-55H,7-43H2,1-6H3,(H,62,63);4-6H2,1-3H3. The number of quaternary nitrogens is 1. The molecule has 7 atom stereocenters. The van der Waals surface area contributed by atoms with E-state index in [-0.39, 0.29) is 12.8 Å². The van der Waals surface area contributed by atoms with Gasteiger partial charge < -0.3 is 47.5 Å². The molecule has 1 fully saturated rings. The molecule has 0 aromatic carbocycles. The summed E-state index contributed by atoms with van der Waals surface area (Å²) >= 11 is 0. The number of hydrogen-bond acceptors (Lipinski definition) is 17. The molecule has 0 aliphatic carbocycles. The third-order valence-corrected chi connectivity index (χ3v) is 15.2. The Balaban J connectivity index is 0.00000830. The van der Waals surface area contributed by atoms with E-state index in [1.54, 1.807) is 4.90 Å². The van der Waals surface area contributed by atoms with Crippen molar-refractivity contribution in [3.05, 3.63) is 0 Å². The number of nitrogens with one attached hydrogen (secondary N) is 1. The summed E-state index contributed by atoms with van der Waals surface area (Å²) in [6.07, 6.45) is 28.1. The molecule has 470 valence electrons. The summed E-state index contributed by atoms with van der Waals surface area (Å²) in [5.74, 6) is -4.72. The molecule has 80 heavy (non-hydrogen) atoms. The Bertz CT molecular complexity index is 1630. The lowest BCUT2D eigenvalue weighted by Crippen LogP contribution is -3.11. The summed E-state index contributed by atoms with van der Waals surface area (Å²) in [5, 5.41) is 0. The van der Waals surface area contributed by atoms with Crippen molar-refractivity contribution < 1.29 is 85.3 Å². The van der Waals surface area contributed by atoms with E-state index in [1.807, 2.05) is 0 Å². The summed E-state index contributed by atoms with van der Waals surface area (Å²) in [5.41, 5.74) is 0. The van der Waals surface area contributed by atoms with Gasteiger partial charge >= 0.3 is 35.8 Å². The van der Waals surface area contributed by atoms with Gasteiger partial charge in [-0.05, 0) is 33.6 Å². The minimum Gasteiger partial charge on any atom is -0.756 e. The van der Waals surface area contributed by atoms with Gasteiger partial charge in [-0.25, -0.2) is 0 Å². The summed E-state index contributed by atoms with van der Waals surface area (Å²) in [6.45, 7) is 17.1. The topological polar surface area (TPSA) is 230 Å². The zero-order valence-corrected chi connectivity index (χ0v) is 52.5. The molecule has 0 aromatic heterocycles. The van der Waals surface area contributed by atoms with Crippen LogP contribution >= 0.6 is 7.82 Å². The zero-order valence-electron chi connectivity index (χ0n) is 51.6. The van der Waals surface area contributed by atoms with Gasteiger partial charge in [0.1, 0.15) is 19.3 Å². The van der Waals surface area contributed by atoms with Crippen LogP contribution < -0.4 is 9.79 Å². The van der Waals surface area contributed by atoms with Crippen LogP contribution in [0, 0.1) is 0 Å². The van der Waals surface area contributed by atoms with Crippen LogP contribution in [-0.2, 0) is 75.5 Å². The first-order valence-electron chi connectivity index (χ1n) is 31.6. The fourth-order valence-corrected chi connectivity index (χ4v) is 10.4. The molecule has 0 bridgehead atoms. The minimum atomic E-state index is -5.52. The third kappa shape index (κ3) is 44.4.